The Morgan fingerprint density at radius 3 is 2.74 bits per heavy atom. The molecule has 27 heavy (non-hydrogen) atoms. The molecule has 2 fully saturated rings. The SMILES string of the molecule is CN=C(NCC1CCc2nnc(C)n2C1)NC1CCC2CCCCC2C1.I. The number of rotatable bonds is 3. The lowest BCUT2D eigenvalue weighted by atomic mass is 9.69. The summed E-state index contributed by atoms with van der Waals surface area (Å²) in [6.45, 7) is 4.04. The minimum absolute atomic E-state index is 0. The van der Waals surface area contributed by atoms with E-state index in [-0.39, 0.29) is 24.0 Å². The lowest BCUT2D eigenvalue weighted by Crippen LogP contribution is -2.48. The number of guanidine groups is 1. The van der Waals surface area contributed by atoms with Gasteiger partial charge in [-0.3, -0.25) is 4.99 Å². The van der Waals surface area contributed by atoms with E-state index in [4.69, 9.17) is 0 Å². The van der Waals surface area contributed by atoms with Gasteiger partial charge in [-0.25, -0.2) is 0 Å². The molecule has 1 aromatic heterocycles. The fourth-order valence-corrected chi connectivity index (χ4v) is 5.33. The number of nitrogens with one attached hydrogen (secondary N) is 2. The van der Waals surface area contributed by atoms with Gasteiger partial charge in [-0.1, -0.05) is 25.7 Å². The second-order valence-corrected chi connectivity index (χ2v) is 8.59. The van der Waals surface area contributed by atoms with Crippen molar-refractivity contribution >= 4 is 29.9 Å². The van der Waals surface area contributed by atoms with Crippen LogP contribution in [0.15, 0.2) is 4.99 Å². The summed E-state index contributed by atoms with van der Waals surface area (Å²) in [6, 6.07) is 0.596. The molecule has 2 heterocycles. The highest BCUT2D eigenvalue weighted by Gasteiger charge is 2.32. The Hall–Kier alpha value is -0.860. The van der Waals surface area contributed by atoms with Crippen LogP contribution in [0.1, 0.15) is 63.0 Å². The van der Waals surface area contributed by atoms with E-state index >= 15 is 0 Å². The third-order valence-electron chi connectivity index (χ3n) is 6.89. The zero-order chi connectivity index (χ0) is 17.9. The van der Waals surface area contributed by atoms with Crippen LogP contribution in [-0.4, -0.2) is 40.4 Å². The predicted octanol–water partition coefficient (Wildman–Crippen LogP) is 3.29. The highest BCUT2D eigenvalue weighted by atomic mass is 127. The summed E-state index contributed by atoms with van der Waals surface area (Å²) in [5.41, 5.74) is 0. The number of aromatic nitrogens is 3. The first-order chi connectivity index (χ1) is 12.7. The summed E-state index contributed by atoms with van der Waals surface area (Å²) in [5, 5.41) is 15.8. The van der Waals surface area contributed by atoms with Gasteiger partial charge in [-0.05, 0) is 50.4 Å². The van der Waals surface area contributed by atoms with E-state index in [0.717, 1.165) is 49.0 Å². The van der Waals surface area contributed by atoms with Crippen LogP contribution in [0.5, 0.6) is 0 Å². The third-order valence-corrected chi connectivity index (χ3v) is 6.89. The van der Waals surface area contributed by atoms with Crippen molar-refractivity contribution in [3.8, 4) is 0 Å². The summed E-state index contributed by atoms with van der Waals surface area (Å²) in [7, 11) is 1.89. The number of hydrogen-bond acceptors (Lipinski definition) is 3. The van der Waals surface area contributed by atoms with Crippen molar-refractivity contribution in [3.05, 3.63) is 11.6 Å². The number of aryl methyl sites for hydroxylation is 2. The summed E-state index contributed by atoms with van der Waals surface area (Å²) >= 11 is 0. The van der Waals surface area contributed by atoms with Gasteiger partial charge in [0.25, 0.3) is 0 Å². The summed E-state index contributed by atoms with van der Waals surface area (Å²) in [4.78, 5) is 4.49. The number of aliphatic imine (C=N–C) groups is 1. The molecule has 3 aliphatic rings. The molecule has 0 amide bonds. The van der Waals surface area contributed by atoms with Crippen molar-refractivity contribution in [2.45, 2.75) is 77.3 Å². The topological polar surface area (TPSA) is 67.1 Å². The first kappa shape index (κ1) is 20.9. The smallest absolute Gasteiger partial charge is 0.191 e. The van der Waals surface area contributed by atoms with Gasteiger partial charge in [0.05, 0.1) is 0 Å². The quantitative estimate of drug-likeness (QED) is 0.391. The second-order valence-electron chi connectivity index (χ2n) is 8.59. The molecular formula is C20H35IN6. The molecular weight excluding hydrogens is 451 g/mol. The third kappa shape index (κ3) is 4.95. The van der Waals surface area contributed by atoms with Crippen LogP contribution in [0.25, 0.3) is 0 Å². The number of fused-ring (bicyclic) bond motifs is 2. The van der Waals surface area contributed by atoms with Gasteiger partial charge in [-0.15, -0.1) is 34.2 Å². The highest BCUT2D eigenvalue weighted by Crippen LogP contribution is 2.40. The van der Waals surface area contributed by atoms with Gasteiger partial charge in [0.15, 0.2) is 5.96 Å². The van der Waals surface area contributed by atoms with E-state index < -0.39 is 0 Å². The van der Waals surface area contributed by atoms with Crippen molar-refractivity contribution in [1.29, 1.82) is 0 Å². The Bertz CT molecular complexity index is 642. The number of halogens is 1. The molecule has 1 aromatic rings. The number of hydrogen-bond donors (Lipinski definition) is 2. The zero-order valence-corrected chi connectivity index (χ0v) is 19.1. The maximum absolute atomic E-state index is 4.49. The lowest BCUT2D eigenvalue weighted by molar-refractivity contribution is 0.150. The highest BCUT2D eigenvalue weighted by molar-refractivity contribution is 14.0. The summed E-state index contributed by atoms with van der Waals surface area (Å²) in [5.74, 6) is 5.73. The van der Waals surface area contributed by atoms with Crippen LogP contribution < -0.4 is 10.6 Å². The van der Waals surface area contributed by atoms with Gasteiger partial charge >= 0.3 is 0 Å². The molecule has 0 saturated heterocycles. The van der Waals surface area contributed by atoms with Gasteiger partial charge in [0, 0.05) is 32.6 Å². The monoisotopic (exact) mass is 486 g/mol. The molecule has 4 rings (SSSR count). The molecule has 0 aromatic carbocycles. The minimum atomic E-state index is 0. The molecule has 2 aliphatic carbocycles. The number of nitrogens with zero attached hydrogens (tertiary/aromatic N) is 4. The van der Waals surface area contributed by atoms with E-state index in [1.54, 1.807) is 0 Å². The van der Waals surface area contributed by atoms with Gasteiger partial charge in [-0.2, -0.15) is 0 Å². The molecule has 0 radical (unpaired) electrons. The van der Waals surface area contributed by atoms with Gasteiger partial charge < -0.3 is 15.2 Å². The van der Waals surface area contributed by atoms with Crippen molar-refractivity contribution in [3.63, 3.8) is 0 Å². The average molecular weight is 486 g/mol. The lowest BCUT2D eigenvalue weighted by Gasteiger charge is -2.40. The molecule has 0 bridgehead atoms. The molecule has 0 spiro atoms. The van der Waals surface area contributed by atoms with Crippen LogP contribution in [0.4, 0.5) is 0 Å². The van der Waals surface area contributed by atoms with E-state index in [1.807, 2.05) is 14.0 Å². The van der Waals surface area contributed by atoms with Gasteiger partial charge in [0.1, 0.15) is 11.6 Å². The van der Waals surface area contributed by atoms with Crippen LogP contribution in [-0.2, 0) is 13.0 Å². The van der Waals surface area contributed by atoms with Crippen molar-refractivity contribution in [2.75, 3.05) is 13.6 Å². The maximum atomic E-state index is 4.49. The molecule has 1 aliphatic heterocycles. The first-order valence-corrected chi connectivity index (χ1v) is 10.6. The molecule has 4 atom stereocenters. The van der Waals surface area contributed by atoms with Crippen molar-refractivity contribution in [1.82, 2.24) is 25.4 Å². The molecule has 2 N–H and O–H groups in total. The van der Waals surface area contributed by atoms with E-state index in [9.17, 15) is 0 Å². The molecule has 2 saturated carbocycles. The van der Waals surface area contributed by atoms with E-state index in [0.29, 0.717) is 12.0 Å². The van der Waals surface area contributed by atoms with Crippen molar-refractivity contribution in [2.24, 2.45) is 22.7 Å². The fourth-order valence-electron chi connectivity index (χ4n) is 5.33. The Morgan fingerprint density at radius 2 is 1.93 bits per heavy atom. The fraction of sp³-hybridized carbons (Fsp3) is 0.850. The van der Waals surface area contributed by atoms with Crippen LogP contribution >= 0.6 is 24.0 Å². The summed E-state index contributed by atoms with van der Waals surface area (Å²) < 4.78 is 2.27. The maximum Gasteiger partial charge on any atom is 0.191 e. The summed E-state index contributed by atoms with van der Waals surface area (Å²) in [6.07, 6.45) is 12.0. The minimum Gasteiger partial charge on any atom is -0.356 e. The molecule has 152 valence electrons. The second kappa shape index (κ2) is 9.56. The van der Waals surface area contributed by atoms with Gasteiger partial charge in [0.2, 0.25) is 0 Å². The largest absolute Gasteiger partial charge is 0.356 e. The normalized spacial score (nSPS) is 30.7. The van der Waals surface area contributed by atoms with Crippen molar-refractivity contribution < 1.29 is 0 Å². The van der Waals surface area contributed by atoms with E-state index in [1.165, 1.54) is 51.4 Å². The molecule has 6 nitrogen and oxygen atoms in total. The first-order valence-electron chi connectivity index (χ1n) is 10.6. The van der Waals surface area contributed by atoms with Crippen LogP contribution in [0, 0.1) is 24.7 Å². The van der Waals surface area contributed by atoms with Crippen LogP contribution in [0.2, 0.25) is 0 Å². The van der Waals surface area contributed by atoms with Crippen LogP contribution in [0.3, 0.4) is 0 Å². The predicted molar refractivity (Wildman–Crippen MR) is 120 cm³/mol. The van der Waals surface area contributed by atoms with E-state index in [2.05, 4.69) is 30.4 Å². The Balaban J connectivity index is 0.00000210. The zero-order valence-electron chi connectivity index (χ0n) is 16.8. The standard InChI is InChI=1S/C20H34N6.HI/c1-14-24-25-19-10-7-15(13-26(14)19)12-22-20(21-2)23-18-9-8-16-5-3-4-6-17(16)11-18;/h15-18H,3-13H2,1-2H3,(H2,21,22,23);1H. The average Bonchev–Trinajstić information content (AvgIpc) is 3.05. The Kier molecular flexibility index (Phi) is 7.39. The molecule has 7 heteroatoms. The Labute approximate surface area is 180 Å². The molecule has 4 unspecified atom stereocenters. The Morgan fingerprint density at radius 1 is 1.11 bits per heavy atom.